The quantitative estimate of drug-likeness (QED) is 0.643. The van der Waals surface area contributed by atoms with Gasteiger partial charge in [-0.1, -0.05) is 29.8 Å². The molecule has 29 heavy (non-hydrogen) atoms. The largest absolute Gasteiger partial charge is 0.367 e. The highest BCUT2D eigenvalue weighted by Gasteiger charge is 2.23. The molecule has 2 amide bonds. The SMILES string of the molecule is O=C(Nc1nc(CC(=O)N2CCN(c3ccccc3Cl)CC2)cs1)c1cccs1. The predicted molar refractivity (Wildman–Crippen MR) is 118 cm³/mol. The summed E-state index contributed by atoms with van der Waals surface area (Å²) in [7, 11) is 0. The van der Waals surface area contributed by atoms with Crippen LogP contribution < -0.4 is 10.2 Å². The van der Waals surface area contributed by atoms with E-state index in [1.54, 1.807) is 6.07 Å². The molecule has 3 heterocycles. The Morgan fingerprint density at radius 1 is 1.07 bits per heavy atom. The summed E-state index contributed by atoms with van der Waals surface area (Å²) in [5, 5.41) is 7.69. The minimum atomic E-state index is -0.178. The van der Waals surface area contributed by atoms with Crippen LogP contribution in [0.2, 0.25) is 5.02 Å². The fourth-order valence-corrected chi connectivity index (χ4v) is 4.76. The Bertz CT molecular complexity index is 998. The Hall–Kier alpha value is -2.42. The van der Waals surface area contributed by atoms with Gasteiger partial charge in [-0.25, -0.2) is 4.98 Å². The topological polar surface area (TPSA) is 65.5 Å². The highest BCUT2D eigenvalue weighted by Crippen LogP contribution is 2.26. The number of hydrogen-bond donors (Lipinski definition) is 1. The summed E-state index contributed by atoms with van der Waals surface area (Å²) in [5.41, 5.74) is 1.68. The van der Waals surface area contributed by atoms with Gasteiger partial charge in [0.05, 0.1) is 27.7 Å². The summed E-state index contributed by atoms with van der Waals surface area (Å²) in [6.45, 7) is 2.79. The van der Waals surface area contributed by atoms with Crippen molar-refractivity contribution in [1.82, 2.24) is 9.88 Å². The van der Waals surface area contributed by atoms with Crippen molar-refractivity contribution in [3.05, 3.63) is 62.8 Å². The highest BCUT2D eigenvalue weighted by atomic mass is 35.5. The number of rotatable bonds is 5. The number of anilines is 2. The lowest BCUT2D eigenvalue weighted by atomic mass is 10.2. The first-order valence-electron chi connectivity index (χ1n) is 9.16. The average molecular weight is 447 g/mol. The maximum Gasteiger partial charge on any atom is 0.267 e. The van der Waals surface area contributed by atoms with Gasteiger partial charge in [0.25, 0.3) is 5.91 Å². The van der Waals surface area contributed by atoms with Crippen molar-refractivity contribution < 1.29 is 9.59 Å². The normalized spacial score (nSPS) is 14.1. The molecule has 0 spiro atoms. The van der Waals surface area contributed by atoms with Gasteiger partial charge < -0.3 is 9.80 Å². The molecule has 0 bridgehead atoms. The monoisotopic (exact) mass is 446 g/mol. The highest BCUT2D eigenvalue weighted by molar-refractivity contribution is 7.14. The number of halogens is 1. The molecule has 150 valence electrons. The van der Waals surface area contributed by atoms with Crippen LogP contribution in [0, 0.1) is 0 Å². The predicted octanol–water partition coefficient (Wildman–Crippen LogP) is 4.00. The Morgan fingerprint density at radius 3 is 2.59 bits per heavy atom. The fraction of sp³-hybridized carbons (Fsp3) is 0.250. The number of nitrogens with zero attached hydrogens (tertiary/aromatic N) is 3. The number of para-hydroxylation sites is 1. The smallest absolute Gasteiger partial charge is 0.267 e. The number of carbonyl (C=O) groups excluding carboxylic acids is 2. The van der Waals surface area contributed by atoms with Crippen molar-refractivity contribution in [1.29, 1.82) is 0 Å². The summed E-state index contributed by atoms with van der Waals surface area (Å²) < 4.78 is 0. The van der Waals surface area contributed by atoms with E-state index < -0.39 is 0 Å². The van der Waals surface area contributed by atoms with Crippen molar-refractivity contribution in [2.24, 2.45) is 0 Å². The average Bonchev–Trinajstić information content (AvgIpc) is 3.41. The number of carbonyl (C=O) groups is 2. The molecule has 9 heteroatoms. The number of hydrogen-bond acceptors (Lipinski definition) is 6. The van der Waals surface area contributed by atoms with Gasteiger partial charge in [-0.2, -0.15) is 0 Å². The minimum Gasteiger partial charge on any atom is -0.367 e. The molecule has 0 unspecified atom stereocenters. The molecule has 1 aliphatic rings. The molecule has 1 N–H and O–H groups in total. The molecule has 0 radical (unpaired) electrons. The van der Waals surface area contributed by atoms with Crippen LogP contribution in [0.5, 0.6) is 0 Å². The lowest BCUT2D eigenvalue weighted by molar-refractivity contribution is -0.130. The zero-order valence-corrected chi connectivity index (χ0v) is 17.9. The first-order valence-corrected chi connectivity index (χ1v) is 11.3. The lowest BCUT2D eigenvalue weighted by Crippen LogP contribution is -2.49. The fourth-order valence-electron chi connectivity index (χ4n) is 3.18. The van der Waals surface area contributed by atoms with Crippen LogP contribution in [0.15, 0.2) is 47.2 Å². The van der Waals surface area contributed by atoms with Gasteiger partial charge >= 0.3 is 0 Å². The van der Waals surface area contributed by atoms with Crippen LogP contribution in [-0.2, 0) is 11.2 Å². The Morgan fingerprint density at radius 2 is 1.86 bits per heavy atom. The van der Waals surface area contributed by atoms with Crippen LogP contribution in [0.4, 0.5) is 10.8 Å². The molecular formula is C20H19ClN4O2S2. The number of amides is 2. The molecular weight excluding hydrogens is 428 g/mol. The van der Waals surface area contributed by atoms with E-state index in [4.69, 9.17) is 11.6 Å². The van der Waals surface area contributed by atoms with E-state index >= 15 is 0 Å². The summed E-state index contributed by atoms with van der Waals surface area (Å²) in [6, 6.07) is 11.4. The molecule has 1 fully saturated rings. The van der Waals surface area contributed by atoms with Gasteiger partial charge in [-0.3, -0.25) is 14.9 Å². The molecule has 1 saturated heterocycles. The number of aromatic nitrogens is 1. The van der Waals surface area contributed by atoms with Crippen molar-refractivity contribution >= 4 is 56.9 Å². The molecule has 0 saturated carbocycles. The molecule has 3 aromatic rings. The third-order valence-electron chi connectivity index (χ3n) is 4.68. The van der Waals surface area contributed by atoms with Gasteiger partial charge in [0.15, 0.2) is 5.13 Å². The maximum absolute atomic E-state index is 12.7. The van der Waals surface area contributed by atoms with Crippen molar-refractivity contribution in [3.63, 3.8) is 0 Å². The Balaban J connectivity index is 1.30. The van der Waals surface area contributed by atoms with E-state index in [-0.39, 0.29) is 18.2 Å². The molecule has 1 aromatic carbocycles. The second-order valence-electron chi connectivity index (χ2n) is 6.57. The van der Waals surface area contributed by atoms with Gasteiger partial charge in [-0.05, 0) is 23.6 Å². The number of nitrogens with one attached hydrogen (secondary N) is 1. The van der Waals surface area contributed by atoms with Gasteiger partial charge in [0, 0.05) is 31.6 Å². The zero-order chi connectivity index (χ0) is 20.2. The molecule has 0 atom stereocenters. The lowest BCUT2D eigenvalue weighted by Gasteiger charge is -2.36. The van der Waals surface area contributed by atoms with E-state index in [1.807, 2.05) is 46.0 Å². The number of thiophene rings is 1. The molecule has 4 rings (SSSR count). The summed E-state index contributed by atoms with van der Waals surface area (Å²) in [4.78, 5) is 33.8. The Kier molecular flexibility index (Phi) is 6.13. The first-order chi connectivity index (χ1) is 14.1. The van der Waals surface area contributed by atoms with E-state index in [9.17, 15) is 9.59 Å². The van der Waals surface area contributed by atoms with E-state index in [0.29, 0.717) is 28.8 Å². The van der Waals surface area contributed by atoms with Crippen molar-refractivity contribution in [2.75, 3.05) is 36.4 Å². The van der Waals surface area contributed by atoms with Crippen LogP contribution in [0.3, 0.4) is 0 Å². The summed E-state index contributed by atoms with van der Waals surface area (Å²) >= 11 is 8.98. The second-order valence-corrected chi connectivity index (χ2v) is 8.78. The van der Waals surface area contributed by atoms with Gasteiger partial charge in [-0.15, -0.1) is 22.7 Å². The number of thiazole rings is 1. The van der Waals surface area contributed by atoms with Gasteiger partial charge in [0.1, 0.15) is 0 Å². The van der Waals surface area contributed by atoms with E-state index in [0.717, 1.165) is 23.8 Å². The Labute approximate surface area is 181 Å². The second kappa shape index (κ2) is 8.94. The van der Waals surface area contributed by atoms with Crippen LogP contribution in [-0.4, -0.2) is 47.9 Å². The summed E-state index contributed by atoms with van der Waals surface area (Å²) in [5.74, 6) is -0.131. The molecule has 2 aromatic heterocycles. The summed E-state index contributed by atoms with van der Waals surface area (Å²) in [6.07, 6.45) is 0.234. The third-order valence-corrected chi connectivity index (χ3v) is 6.67. The van der Waals surface area contributed by atoms with Crippen LogP contribution in [0.1, 0.15) is 15.4 Å². The minimum absolute atomic E-state index is 0.0465. The third kappa shape index (κ3) is 4.77. The van der Waals surface area contributed by atoms with Crippen molar-refractivity contribution in [2.45, 2.75) is 6.42 Å². The number of piperazine rings is 1. The standard InChI is InChI=1S/C20H19ClN4O2S2/c21-15-4-1-2-5-16(15)24-7-9-25(10-8-24)18(26)12-14-13-29-20(22-14)23-19(27)17-6-3-11-28-17/h1-6,11,13H,7-10,12H2,(H,22,23,27). The van der Waals surface area contributed by atoms with Gasteiger partial charge in [0.2, 0.25) is 5.91 Å². The van der Waals surface area contributed by atoms with Crippen LogP contribution in [0.25, 0.3) is 0 Å². The first kappa shape index (κ1) is 19.9. The number of benzene rings is 1. The zero-order valence-electron chi connectivity index (χ0n) is 15.5. The maximum atomic E-state index is 12.7. The van der Waals surface area contributed by atoms with Crippen LogP contribution >= 0.6 is 34.3 Å². The molecule has 6 nitrogen and oxygen atoms in total. The van der Waals surface area contributed by atoms with E-state index in [2.05, 4.69) is 15.2 Å². The molecule has 1 aliphatic heterocycles. The molecule has 0 aliphatic carbocycles. The van der Waals surface area contributed by atoms with E-state index in [1.165, 1.54) is 22.7 Å². The van der Waals surface area contributed by atoms with Crippen molar-refractivity contribution in [3.8, 4) is 0 Å².